The number of amides is 1. The summed E-state index contributed by atoms with van der Waals surface area (Å²) in [6.45, 7) is 5.14. The first kappa shape index (κ1) is 22.2. The summed E-state index contributed by atoms with van der Waals surface area (Å²) in [4.78, 5) is 25.8. The van der Waals surface area contributed by atoms with Crippen LogP contribution in [0.4, 0.5) is 5.69 Å². The highest BCUT2D eigenvalue weighted by Gasteiger charge is 2.18. The Balaban J connectivity index is 1.57. The molecule has 0 aromatic heterocycles. The summed E-state index contributed by atoms with van der Waals surface area (Å²) in [5, 5.41) is 2.84. The highest BCUT2D eigenvalue weighted by molar-refractivity contribution is 5.94. The lowest BCUT2D eigenvalue weighted by molar-refractivity contribution is -0.920. The maximum Gasteiger partial charge on any atom is 0.362 e. The van der Waals surface area contributed by atoms with Crippen molar-refractivity contribution in [3.8, 4) is 0 Å². The van der Waals surface area contributed by atoms with Gasteiger partial charge in [0.2, 0.25) is 0 Å². The molecule has 0 bridgehead atoms. The second-order valence-electron chi connectivity index (χ2n) is 7.73. The number of para-hydroxylation sites is 1. The smallest absolute Gasteiger partial charge is 0.362 e. The third-order valence-electron chi connectivity index (χ3n) is 5.10. The van der Waals surface area contributed by atoms with Crippen LogP contribution in [0.25, 0.3) is 0 Å². The number of benzene rings is 3. The number of hydrogen-bond donors (Lipinski definition) is 2. The van der Waals surface area contributed by atoms with Crippen LogP contribution in [0.15, 0.2) is 78.9 Å². The number of hydrogen-bond acceptors (Lipinski definition) is 3. The molecule has 1 amide bonds. The Bertz CT molecular complexity index is 942. The lowest BCUT2D eigenvalue weighted by Crippen LogP contribution is -3.10. The molecule has 31 heavy (non-hydrogen) atoms. The van der Waals surface area contributed by atoms with Gasteiger partial charge < -0.3 is 15.0 Å². The topological polar surface area (TPSA) is 59.8 Å². The predicted molar refractivity (Wildman–Crippen MR) is 122 cm³/mol. The maximum absolute atomic E-state index is 12.5. The Kier molecular flexibility index (Phi) is 7.96. The number of quaternary nitrogens is 1. The van der Waals surface area contributed by atoms with E-state index in [4.69, 9.17) is 4.74 Å². The number of ether oxygens (including phenoxy) is 1. The minimum atomic E-state index is -0.390. The molecular weight excluding hydrogens is 388 g/mol. The number of nitrogens with one attached hydrogen (secondary N) is 2. The van der Waals surface area contributed by atoms with E-state index < -0.39 is 5.97 Å². The van der Waals surface area contributed by atoms with Gasteiger partial charge in [-0.15, -0.1) is 0 Å². The molecule has 3 rings (SSSR count). The van der Waals surface area contributed by atoms with Gasteiger partial charge in [0.25, 0.3) is 5.91 Å². The van der Waals surface area contributed by atoms with E-state index in [0.717, 1.165) is 32.8 Å². The van der Waals surface area contributed by atoms with E-state index in [1.807, 2.05) is 92.7 Å². The summed E-state index contributed by atoms with van der Waals surface area (Å²) < 4.78 is 5.29. The average Bonchev–Trinajstić information content (AvgIpc) is 2.76. The number of carbonyl (C=O) groups is 2. The van der Waals surface area contributed by atoms with Gasteiger partial charge in [0, 0.05) is 16.8 Å². The molecular formula is C26H29N2O3+. The first-order valence-corrected chi connectivity index (χ1v) is 10.4. The molecule has 0 saturated carbocycles. The molecule has 0 unspecified atom stereocenters. The minimum absolute atomic E-state index is 0.181. The van der Waals surface area contributed by atoms with Crippen molar-refractivity contribution >= 4 is 17.6 Å². The van der Waals surface area contributed by atoms with E-state index >= 15 is 0 Å². The second kappa shape index (κ2) is 11.1. The average molecular weight is 418 g/mol. The van der Waals surface area contributed by atoms with Gasteiger partial charge in [0.1, 0.15) is 13.1 Å². The molecule has 3 aromatic rings. The van der Waals surface area contributed by atoms with Gasteiger partial charge in [-0.05, 0) is 25.0 Å². The van der Waals surface area contributed by atoms with Crippen molar-refractivity contribution in [2.24, 2.45) is 0 Å². The van der Waals surface area contributed by atoms with E-state index in [-0.39, 0.29) is 19.1 Å². The third-order valence-corrected chi connectivity index (χ3v) is 5.10. The molecule has 5 heteroatoms. The number of aryl methyl sites for hydroxylation is 2. The third kappa shape index (κ3) is 7.08. The summed E-state index contributed by atoms with van der Waals surface area (Å²) in [6.07, 6.45) is 0. The fourth-order valence-corrected chi connectivity index (χ4v) is 3.54. The molecule has 5 nitrogen and oxygen atoms in total. The number of rotatable bonds is 9. The lowest BCUT2D eigenvalue weighted by atomic mass is 10.1. The first-order chi connectivity index (χ1) is 15.0. The summed E-state index contributed by atoms with van der Waals surface area (Å²) in [7, 11) is 0. The van der Waals surface area contributed by atoms with E-state index in [1.165, 1.54) is 0 Å². The molecule has 0 saturated heterocycles. The van der Waals surface area contributed by atoms with Crippen LogP contribution in [0.2, 0.25) is 0 Å². The van der Waals surface area contributed by atoms with Crippen LogP contribution in [0.5, 0.6) is 0 Å². The van der Waals surface area contributed by atoms with Crippen LogP contribution >= 0.6 is 0 Å². The molecule has 0 fully saturated rings. The van der Waals surface area contributed by atoms with Crippen molar-refractivity contribution in [1.82, 2.24) is 0 Å². The SMILES string of the molecule is Cc1cccc(C)c1NC(=O)COC(=O)C[NH+](Cc1ccccc1)Cc1ccccc1. The summed E-state index contributed by atoms with van der Waals surface area (Å²) in [6, 6.07) is 25.9. The molecule has 0 aliphatic rings. The van der Waals surface area contributed by atoms with E-state index in [0.29, 0.717) is 13.1 Å². The second-order valence-corrected chi connectivity index (χ2v) is 7.73. The Morgan fingerprint density at radius 3 is 1.81 bits per heavy atom. The molecule has 160 valence electrons. The van der Waals surface area contributed by atoms with Crippen LogP contribution in [0, 0.1) is 13.8 Å². The van der Waals surface area contributed by atoms with Gasteiger partial charge in [-0.25, -0.2) is 4.79 Å². The predicted octanol–water partition coefficient (Wildman–Crippen LogP) is 3.07. The molecule has 0 atom stereocenters. The van der Waals surface area contributed by atoms with Crippen molar-refractivity contribution in [1.29, 1.82) is 0 Å². The van der Waals surface area contributed by atoms with Gasteiger partial charge in [0.05, 0.1) is 0 Å². The quantitative estimate of drug-likeness (QED) is 0.526. The van der Waals surface area contributed by atoms with Crippen LogP contribution in [-0.4, -0.2) is 25.0 Å². The van der Waals surface area contributed by atoms with E-state index in [2.05, 4.69) is 5.32 Å². The Morgan fingerprint density at radius 2 is 1.29 bits per heavy atom. The Morgan fingerprint density at radius 1 is 0.774 bits per heavy atom. The van der Waals surface area contributed by atoms with Crippen molar-refractivity contribution < 1.29 is 19.2 Å². The van der Waals surface area contributed by atoms with Crippen LogP contribution in [0.1, 0.15) is 22.3 Å². The van der Waals surface area contributed by atoms with Crippen LogP contribution in [0.3, 0.4) is 0 Å². The highest BCUT2D eigenvalue weighted by Crippen LogP contribution is 2.19. The highest BCUT2D eigenvalue weighted by atomic mass is 16.5. The molecule has 2 N–H and O–H groups in total. The van der Waals surface area contributed by atoms with Crippen molar-refractivity contribution in [2.75, 3.05) is 18.5 Å². The summed E-state index contributed by atoms with van der Waals surface area (Å²) in [5.74, 6) is -0.725. The summed E-state index contributed by atoms with van der Waals surface area (Å²) >= 11 is 0. The Labute approximate surface area is 183 Å². The normalized spacial score (nSPS) is 10.7. The van der Waals surface area contributed by atoms with Gasteiger partial charge in [0.15, 0.2) is 13.2 Å². The largest absolute Gasteiger partial charge is 0.451 e. The Hall–Kier alpha value is -3.44. The molecule has 3 aromatic carbocycles. The van der Waals surface area contributed by atoms with Gasteiger partial charge in [-0.1, -0.05) is 78.9 Å². The standard InChI is InChI=1S/C26H28N2O3/c1-20-10-9-11-21(2)26(20)27-24(29)19-31-25(30)18-28(16-22-12-5-3-6-13-22)17-23-14-7-4-8-15-23/h3-15H,16-19H2,1-2H3,(H,27,29)/p+1. The molecule has 0 heterocycles. The number of anilines is 1. The lowest BCUT2D eigenvalue weighted by Gasteiger charge is -2.19. The summed E-state index contributed by atoms with van der Waals surface area (Å²) in [5.41, 5.74) is 5.01. The zero-order valence-corrected chi connectivity index (χ0v) is 18.1. The maximum atomic E-state index is 12.5. The fraction of sp³-hybridized carbons (Fsp3) is 0.231. The van der Waals surface area contributed by atoms with Crippen molar-refractivity contribution in [3.05, 3.63) is 101 Å². The molecule has 0 aliphatic carbocycles. The molecule has 0 radical (unpaired) electrons. The van der Waals surface area contributed by atoms with Crippen LogP contribution in [-0.2, 0) is 27.4 Å². The first-order valence-electron chi connectivity index (χ1n) is 10.4. The minimum Gasteiger partial charge on any atom is -0.451 e. The molecule has 0 spiro atoms. The van der Waals surface area contributed by atoms with Gasteiger partial charge in [-0.3, -0.25) is 4.79 Å². The zero-order chi connectivity index (χ0) is 22.1. The number of carbonyl (C=O) groups excluding carboxylic acids is 2. The fourth-order valence-electron chi connectivity index (χ4n) is 3.54. The number of esters is 1. The van der Waals surface area contributed by atoms with Crippen molar-refractivity contribution in [3.63, 3.8) is 0 Å². The van der Waals surface area contributed by atoms with Gasteiger partial charge in [-0.2, -0.15) is 0 Å². The van der Waals surface area contributed by atoms with Crippen molar-refractivity contribution in [2.45, 2.75) is 26.9 Å². The molecule has 0 aliphatic heterocycles. The van der Waals surface area contributed by atoms with Gasteiger partial charge >= 0.3 is 5.97 Å². The monoisotopic (exact) mass is 417 g/mol. The van der Waals surface area contributed by atoms with E-state index in [9.17, 15) is 9.59 Å². The van der Waals surface area contributed by atoms with E-state index in [1.54, 1.807) is 0 Å². The zero-order valence-electron chi connectivity index (χ0n) is 18.1. The van der Waals surface area contributed by atoms with Crippen LogP contribution < -0.4 is 10.2 Å².